The van der Waals surface area contributed by atoms with Gasteiger partial charge in [-0.25, -0.2) is 0 Å². The molecule has 2 amide bonds. The first-order chi connectivity index (χ1) is 11.5. The SMILES string of the molecule is CCCC(=O)Nc1ccc(N(C)C)c(C(=O)NCCCOCC)c1. The van der Waals surface area contributed by atoms with Gasteiger partial charge in [0.1, 0.15) is 0 Å². The van der Waals surface area contributed by atoms with Crippen LogP contribution in [-0.2, 0) is 9.53 Å². The molecule has 134 valence electrons. The second-order valence-corrected chi connectivity index (χ2v) is 5.73. The van der Waals surface area contributed by atoms with Gasteiger partial charge < -0.3 is 20.3 Å². The summed E-state index contributed by atoms with van der Waals surface area (Å²) in [6.45, 7) is 5.76. The number of carbonyl (C=O) groups is 2. The third-order valence-electron chi connectivity index (χ3n) is 3.44. The van der Waals surface area contributed by atoms with Crippen LogP contribution in [0, 0.1) is 0 Å². The Hall–Kier alpha value is -2.08. The zero-order valence-electron chi connectivity index (χ0n) is 15.1. The highest BCUT2D eigenvalue weighted by Crippen LogP contribution is 2.23. The summed E-state index contributed by atoms with van der Waals surface area (Å²) >= 11 is 0. The molecule has 0 spiro atoms. The van der Waals surface area contributed by atoms with Gasteiger partial charge in [-0.1, -0.05) is 6.92 Å². The molecular formula is C18H29N3O3. The second-order valence-electron chi connectivity index (χ2n) is 5.73. The predicted octanol–water partition coefficient (Wildman–Crippen LogP) is 2.65. The molecule has 6 nitrogen and oxygen atoms in total. The van der Waals surface area contributed by atoms with Gasteiger partial charge >= 0.3 is 0 Å². The highest BCUT2D eigenvalue weighted by Gasteiger charge is 2.14. The van der Waals surface area contributed by atoms with E-state index in [1.807, 2.05) is 45.0 Å². The fourth-order valence-electron chi connectivity index (χ4n) is 2.25. The second kappa shape index (κ2) is 10.6. The Morgan fingerprint density at radius 1 is 1.21 bits per heavy atom. The van der Waals surface area contributed by atoms with Crippen molar-refractivity contribution in [3.05, 3.63) is 23.8 Å². The van der Waals surface area contributed by atoms with Gasteiger partial charge in [0.15, 0.2) is 0 Å². The Bertz CT molecular complexity index is 544. The molecule has 0 radical (unpaired) electrons. The fraction of sp³-hybridized carbons (Fsp3) is 0.556. The van der Waals surface area contributed by atoms with E-state index in [0.717, 1.165) is 18.5 Å². The third-order valence-corrected chi connectivity index (χ3v) is 3.44. The Morgan fingerprint density at radius 2 is 1.96 bits per heavy atom. The molecule has 0 unspecified atom stereocenters. The molecule has 6 heteroatoms. The van der Waals surface area contributed by atoms with Crippen molar-refractivity contribution in [3.8, 4) is 0 Å². The topological polar surface area (TPSA) is 70.7 Å². The molecule has 24 heavy (non-hydrogen) atoms. The highest BCUT2D eigenvalue weighted by atomic mass is 16.5. The molecule has 1 rings (SSSR count). The van der Waals surface area contributed by atoms with E-state index in [9.17, 15) is 9.59 Å². The third kappa shape index (κ3) is 6.58. The summed E-state index contributed by atoms with van der Waals surface area (Å²) in [6, 6.07) is 5.38. The number of nitrogens with zero attached hydrogens (tertiary/aromatic N) is 1. The molecule has 1 aromatic rings. The van der Waals surface area contributed by atoms with E-state index in [2.05, 4.69) is 10.6 Å². The monoisotopic (exact) mass is 335 g/mol. The van der Waals surface area contributed by atoms with Crippen LogP contribution in [0.4, 0.5) is 11.4 Å². The van der Waals surface area contributed by atoms with Gasteiger partial charge in [0.05, 0.1) is 5.56 Å². The zero-order valence-corrected chi connectivity index (χ0v) is 15.1. The van der Waals surface area contributed by atoms with Crippen LogP contribution in [0.2, 0.25) is 0 Å². The smallest absolute Gasteiger partial charge is 0.253 e. The molecule has 0 atom stereocenters. The molecule has 1 aromatic carbocycles. The molecule has 2 N–H and O–H groups in total. The lowest BCUT2D eigenvalue weighted by molar-refractivity contribution is -0.116. The molecule has 0 saturated heterocycles. The predicted molar refractivity (Wildman–Crippen MR) is 97.7 cm³/mol. The van der Waals surface area contributed by atoms with E-state index in [1.54, 1.807) is 6.07 Å². The van der Waals surface area contributed by atoms with Gasteiger partial charge in [0.2, 0.25) is 5.91 Å². The number of amides is 2. The number of carbonyl (C=O) groups excluding carboxylic acids is 2. The van der Waals surface area contributed by atoms with Crippen LogP contribution in [0.25, 0.3) is 0 Å². The summed E-state index contributed by atoms with van der Waals surface area (Å²) in [5.74, 6) is -0.194. The summed E-state index contributed by atoms with van der Waals surface area (Å²) in [5, 5.41) is 5.73. The normalized spacial score (nSPS) is 10.3. The van der Waals surface area contributed by atoms with E-state index in [0.29, 0.717) is 37.4 Å². The first kappa shape index (κ1) is 20.0. The number of hydrogen-bond acceptors (Lipinski definition) is 4. The lowest BCUT2D eigenvalue weighted by Crippen LogP contribution is -2.27. The van der Waals surface area contributed by atoms with Crippen LogP contribution in [0.5, 0.6) is 0 Å². The Morgan fingerprint density at radius 3 is 2.58 bits per heavy atom. The maximum Gasteiger partial charge on any atom is 0.253 e. The van der Waals surface area contributed by atoms with Gasteiger partial charge in [-0.3, -0.25) is 9.59 Å². The summed E-state index contributed by atoms with van der Waals surface area (Å²) in [5.41, 5.74) is 2.00. The van der Waals surface area contributed by atoms with E-state index >= 15 is 0 Å². The van der Waals surface area contributed by atoms with Gasteiger partial charge in [0.25, 0.3) is 5.91 Å². The van der Waals surface area contributed by atoms with Crippen LogP contribution in [0.15, 0.2) is 18.2 Å². The lowest BCUT2D eigenvalue weighted by Gasteiger charge is -2.18. The Kier molecular flexibility index (Phi) is 8.86. The Balaban J connectivity index is 2.80. The zero-order chi connectivity index (χ0) is 17.9. The quantitative estimate of drug-likeness (QED) is 0.645. The maximum atomic E-state index is 12.5. The summed E-state index contributed by atoms with van der Waals surface area (Å²) in [4.78, 5) is 26.1. The average Bonchev–Trinajstić information content (AvgIpc) is 2.54. The van der Waals surface area contributed by atoms with E-state index < -0.39 is 0 Å². The molecule has 0 aliphatic carbocycles. The van der Waals surface area contributed by atoms with Gasteiger partial charge in [-0.2, -0.15) is 0 Å². The maximum absolute atomic E-state index is 12.5. The number of hydrogen-bond donors (Lipinski definition) is 2. The van der Waals surface area contributed by atoms with Crippen molar-refractivity contribution in [3.63, 3.8) is 0 Å². The summed E-state index contributed by atoms with van der Waals surface area (Å²) < 4.78 is 5.26. The van der Waals surface area contributed by atoms with Crippen molar-refractivity contribution in [1.29, 1.82) is 0 Å². The minimum absolute atomic E-state index is 0.0434. The largest absolute Gasteiger partial charge is 0.382 e. The first-order valence-corrected chi connectivity index (χ1v) is 8.46. The summed E-state index contributed by atoms with van der Waals surface area (Å²) in [6.07, 6.45) is 2.02. The molecule has 0 fully saturated rings. The number of ether oxygens (including phenoxy) is 1. The van der Waals surface area contributed by atoms with Crippen molar-refractivity contribution < 1.29 is 14.3 Å². The lowest BCUT2D eigenvalue weighted by atomic mass is 10.1. The minimum Gasteiger partial charge on any atom is -0.382 e. The van der Waals surface area contributed by atoms with Crippen LogP contribution < -0.4 is 15.5 Å². The minimum atomic E-state index is -0.151. The molecular weight excluding hydrogens is 306 g/mol. The van der Waals surface area contributed by atoms with Crippen molar-refractivity contribution >= 4 is 23.2 Å². The first-order valence-electron chi connectivity index (χ1n) is 8.46. The van der Waals surface area contributed by atoms with Crippen LogP contribution >= 0.6 is 0 Å². The van der Waals surface area contributed by atoms with E-state index in [1.165, 1.54) is 0 Å². The molecule has 0 aromatic heterocycles. The molecule has 0 aliphatic heterocycles. The van der Waals surface area contributed by atoms with Crippen molar-refractivity contribution in [2.75, 3.05) is 44.1 Å². The van der Waals surface area contributed by atoms with Crippen LogP contribution in [0.3, 0.4) is 0 Å². The van der Waals surface area contributed by atoms with Crippen molar-refractivity contribution in [2.45, 2.75) is 33.1 Å². The van der Waals surface area contributed by atoms with Crippen molar-refractivity contribution in [1.82, 2.24) is 5.32 Å². The Labute approximate surface area is 144 Å². The van der Waals surface area contributed by atoms with E-state index in [4.69, 9.17) is 4.74 Å². The van der Waals surface area contributed by atoms with Crippen LogP contribution in [-0.4, -0.2) is 45.7 Å². The number of anilines is 2. The van der Waals surface area contributed by atoms with Gasteiger partial charge in [0, 0.05) is 51.6 Å². The van der Waals surface area contributed by atoms with Gasteiger partial charge in [-0.15, -0.1) is 0 Å². The number of nitrogens with one attached hydrogen (secondary N) is 2. The average molecular weight is 335 g/mol. The summed E-state index contributed by atoms with van der Waals surface area (Å²) in [7, 11) is 3.77. The molecule has 0 saturated carbocycles. The molecule has 0 bridgehead atoms. The van der Waals surface area contributed by atoms with E-state index in [-0.39, 0.29) is 11.8 Å². The van der Waals surface area contributed by atoms with Crippen molar-refractivity contribution in [2.24, 2.45) is 0 Å². The van der Waals surface area contributed by atoms with Crippen LogP contribution in [0.1, 0.15) is 43.5 Å². The highest BCUT2D eigenvalue weighted by molar-refractivity contribution is 6.02. The molecule has 0 heterocycles. The fourth-order valence-corrected chi connectivity index (χ4v) is 2.25. The van der Waals surface area contributed by atoms with Gasteiger partial charge in [-0.05, 0) is 38.0 Å². The molecule has 0 aliphatic rings. The standard InChI is InChI=1S/C18H29N3O3/c1-5-8-17(22)20-14-9-10-16(21(3)4)15(13-14)18(23)19-11-7-12-24-6-2/h9-10,13H,5-8,11-12H2,1-4H3,(H,19,23)(H,20,22). The number of rotatable bonds is 10. The number of benzene rings is 1.